The Kier molecular flexibility index (Phi) is 5.01. The Labute approximate surface area is 121 Å². The number of nitrogens with zero attached hydrogens (tertiary/aromatic N) is 1. The van der Waals surface area contributed by atoms with E-state index >= 15 is 0 Å². The molecule has 0 unspecified atom stereocenters. The molecule has 1 aromatic heterocycles. The Morgan fingerprint density at radius 2 is 2.10 bits per heavy atom. The van der Waals surface area contributed by atoms with E-state index in [4.69, 9.17) is 9.84 Å². The molecule has 1 aromatic carbocycles. The SMILES string of the molecule is Cc1ccccc1OCCSc1ncccc1C(=O)O. The predicted molar refractivity (Wildman–Crippen MR) is 78.6 cm³/mol. The molecule has 0 atom stereocenters. The number of benzene rings is 1. The summed E-state index contributed by atoms with van der Waals surface area (Å²) in [6.07, 6.45) is 1.59. The number of pyridine rings is 1. The third kappa shape index (κ3) is 3.74. The van der Waals surface area contributed by atoms with Gasteiger partial charge >= 0.3 is 5.97 Å². The van der Waals surface area contributed by atoms with Crippen LogP contribution < -0.4 is 4.74 Å². The van der Waals surface area contributed by atoms with Crippen LogP contribution in [0.2, 0.25) is 0 Å². The molecule has 2 rings (SSSR count). The number of carboxylic acid groups (broad SMARTS) is 1. The van der Waals surface area contributed by atoms with Gasteiger partial charge in [0.1, 0.15) is 10.8 Å². The monoisotopic (exact) mass is 289 g/mol. The maximum absolute atomic E-state index is 11.0. The molecule has 0 aliphatic carbocycles. The zero-order chi connectivity index (χ0) is 14.4. The van der Waals surface area contributed by atoms with Gasteiger partial charge in [0.05, 0.1) is 12.2 Å². The van der Waals surface area contributed by atoms with Gasteiger partial charge in [-0.15, -0.1) is 11.8 Å². The topological polar surface area (TPSA) is 59.4 Å². The zero-order valence-corrected chi connectivity index (χ0v) is 11.9. The molecule has 1 heterocycles. The molecule has 0 saturated carbocycles. The largest absolute Gasteiger partial charge is 0.492 e. The van der Waals surface area contributed by atoms with Crippen molar-refractivity contribution in [2.45, 2.75) is 11.9 Å². The highest BCUT2D eigenvalue weighted by atomic mass is 32.2. The average Bonchev–Trinajstić information content (AvgIpc) is 2.45. The van der Waals surface area contributed by atoms with E-state index in [1.165, 1.54) is 11.8 Å². The van der Waals surface area contributed by atoms with Gasteiger partial charge in [-0.3, -0.25) is 0 Å². The number of aromatic carboxylic acids is 1. The second kappa shape index (κ2) is 6.96. The van der Waals surface area contributed by atoms with Crippen molar-refractivity contribution in [2.75, 3.05) is 12.4 Å². The third-order valence-electron chi connectivity index (χ3n) is 2.67. The van der Waals surface area contributed by atoms with Gasteiger partial charge in [-0.1, -0.05) is 18.2 Å². The molecule has 104 valence electrons. The van der Waals surface area contributed by atoms with Gasteiger partial charge in [0.25, 0.3) is 0 Å². The number of aromatic nitrogens is 1. The van der Waals surface area contributed by atoms with Crippen LogP contribution in [0.1, 0.15) is 15.9 Å². The molecule has 0 radical (unpaired) electrons. The number of ether oxygens (including phenoxy) is 1. The van der Waals surface area contributed by atoms with Crippen LogP contribution in [0.3, 0.4) is 0 Å². The lowest BCUT2D eigenvalue weighted by molar-refractivity contribution is 0.0692. The van der Waals surface area contributed by atoms with Crippen LogP contribution in [0.15, 0.2) is 47.6 Å². The number of carboxylic acids is 1. The van der Waals surface area contributed by atoms with Crippen molar-refractivity contribution in [1.82, 2.24) is 4.98 Å². The van der Waals surface area contributed by atoms with Crippen molar-refractivity contribution < 1.29 is 14.6 Å². The molecule has 0 fully saturated rings. The minimum Gasteiger partial charge on any atom is -0.492 e. The van der Waals surface area contributed by atoms with Crippen LogP contribution in [-0.4, -0.2) is 28.4 Å². The molecule has 1 N–H and O–H groups in total. The Morgan fingerprint density at radius 3 is 2.85 bits per heavy atom. The zero-order valence-electron chi connectivity index (χ0n) is 11.1. The van der Waals surface area contributed by atoms with Crippen LogP contribution >= 0.6 is 11.8 Å². The van der Waals surface area contributed by atoms with Crippen molar-refractivity contribution in [3.8, 4) is 5.75 Å². The molecule has 0 saturated heterocycles. The Bertz CT molecular complexity index is 601. The van der Waals surface area contributed by atoms with E-state index in [9.17, 15) is 4.79 Å². The molecule has 5 heteroatoms. The number of para-hydroxylation sites is 1. The highest BCUT2D eigenvalue weighted by molar-refractivity contribution is 7.99. The van der Waals surface area contributed by atoms with E-state index in [0.29, 0.717) is 17.4 Å². The summed E-state index contributed by atoms with van der Waals surface area (Å²) in [6, 6.07) is 11.0. The standard InChI is InChI=1S/C15H15NO3S/c1-11-5-2-3-7-13(11)19-9-10-20-14-12(15(17)18)6-4-8-16-14/h2-8H,9-10H2,1H3,(H,17,18). The summed E-state index contributed by atoms with van der Waals surface area (Å²) in [7, 11) is 0. The lowest BCUT2D eigenvalue weighted by atomic mass is 10.2. The molecule has 20 heavy (non-hydrogen) atoms. The van der Waals surface area contributed by atoms with E-state index in [1.807, 2.05) is 31.2 Å². The Morgan fingerprint density at radius 1 is 1.30 bits per heavy atom. The molecular weight excluding hydrogens is 274 g/mol. The van der Waals surface area contributed by atoms with E-state index in [2.05, 4.69) is 4.98 Å². The predicted octanol–water partition coefficient (Wildman–Crippen LogP) is 3.26. The van der Waals surface area contributed by atoms with Crippen molar-refractivity contribution >= 4 is 17.7 Å². The minimum absolute atomic E-state index is 0.230. The van der Waals surface area contributed by atoms with Gasteiger partial charge in [0, 0.05) is 11.9 Å². The summed E-state index contributed by atoms with van der Waals surface area (Å²) in [5.74, 6) is 0.541. The number of thioether (sulfide) groups is 1. The number of carbonyl (C=O) groups is 1. The fourth-order valence-corrected chi connectivity index (χ4v) is 2.48. The maximum Gasteiger partial charge on any atom is 0.338 e. The van der Waals surface area contributed by atoms with Gasteiger partial charge < -0.3 is 9.84 Å². The fraction of sp³-hybridized carbons (Fsp3) is 0.200. The van der Waals surface area contributed by atoms with Crippen LogP contribution in [0.25, 0.3) is 0 Å². The summed E-state index contributed by atoms with van der Waals surface area (Å²) in [6.45, 7) is 2.49. The van der Waals surface area contributed by atoms with E-state index in [1.54, 1.807) is 18.3 Å². The van der Waals surface area contributed by atoms with Crippen LogP contribution in [0, 0.1) is 6.92 Å². The quantitative estimate of drug-likeness (QED) is 0.653. The first-order valence-electron chi connectivity index (χ1n) is 6.18. The van der Waals surface area contributed by atoms with Crippen molar-refractivity contribution in [3.05, 3.63) is 53.7 Å². The summed E-state index contributed by atoms with van der Waals surface area (Å²) in [5.41, 5.74) is 1.31. The highest BCUT2D eigenvalue weighted by Crippen LogP contribution is 2.21. The van der Waals surface area contributed by atoms with Gasteiger partial charge in [-0.05, 0) is 30.7 Å². The summed E-state index contributed by atoms with van der Waals surface area (Å²) in [4.78, 5) is 15.1. The molecule has 4 nitrogen and oxygen atoms in total. The number of aryl methyl sites for hydroxylation is 1. The number of hydrogen-bond donors (Lipinski definition) is 1. The maximum atomic E-state index is 11.0. The molecule has 2 aromatic rings. The fourth-order valence-electron chi connectivity index (χ4n) is 1.68. The van der Waals surface area contributed by atoms with Crippen LogP contribution in [0.4, 0.5) is 0 Å². The summed E-state index contributed by atoms with van der Waals surface area (Å²) < 4.78 is 5.66. The van der Waals surface area contributed by atoms with Crippen LogP contribution in [0.5, 0.6) is 5.75 Å². The van der Waals surface area contributed by atoms with Gasteiger partial charge in [0.15, 0.2) is 0 Å². The molecule has 0 amide bonds. The second-order valence-electron chi connectivity index (χ2n) is 4.12. The Hall–Kier alpha value is -2.01. The first-order chi connectivity index (χ1) is 9.68. The molecule has 0 aliphatic rings. The van der Waals surface area contributed by atoms with E-state index in [-0.39, 0.29) is 5.56 Å². The molecule has 0 aliphatic heterocycles. The summed E-state index contributed by atoms with van der Waals surface area (Å²) >= 11 is 1.38. The average molecular weight is 289 g/mol. The van der Waals surface area contributed by atoms with Crippen molar-refractivity contribution in [2.24, 2.45) is 0 Å². The molecular formula is C15H15NO3S. The van der Waals surface area contributed by atoms with Gasteiger partial charge in [-0.25, -0.2) is 9.78 Å². The smallest absolute Gasteiger partial charge is 0.338 e. The Balaban J connectivity index is 1.88. The number of rotatable bonds is 6. The molecule has 0 spiro atoms. The minimum atomic E-state index is -0.958. The molecule has 0 bridgehead atoms. The second-order valence-corrected chi connectivity index (χ2v) is 5.21. The van der Waals surface area contributed by atoms with Gasteiger partial charge in [-0.2, -0.15) is 0 Å². The van der Waals surface area contributed by atoms with E-state index < -0.39 is 5.97 Å². The normalized spacial score (nSPS) is 10.2. The van der Waals surface area contributed by atoms with E-state index in [0.717, 1.165) is 11.3 Å². The summed E-state index contributed by atoms with van der Waals surface area (Å²) in [5, 5.41) is 9.57. The lowest BCUT2D eigenvalue weighted by Crippen LogP contribution is -2.04. The van der Waals surface area contributed by atoms with Crippen molar-refractivity contribution in [1.29, 1.82) is 0 Å². The van der Waals surface area contributed by atoms with Crippen LogP contribution in [-0.2, 0) is 0 Å². The third-order valence-corrected chi connectivity index (χ3v) is 3.64. The first kappa shape index (κ1) is 14.4. The lowest BCUT2D eigenvalue weighted by Gasteiger charge is -2.09. The highest BCUT2D eigenvalue weighted by Gasteiger charge is 2.10. The first-order valence-corrected chi connectivity index (χ1v) is 7.16. The van der Waals surface area contributed by atoms with Crippen molar-refractivity contribution in [3.63, 3.8) is 0 Å². The van der Waals surface area contributed by atoms with Gasteiger partial charge in [0.2, 0.25) is 0 Å². The number of hydrogen-bond acceptors (Lipinski definition) is 4.